The maximum atomic E-state index is 11.6. The van der Waals surface area contributed by atoms with Gasteiger partial charge in [0.05, 0.1) is 36.1 Å². The number of carbonyl (C=O) groups excluding carboxylic acids is 1. The van der Waals surface area contributed by atoms with Crippen molar-refractivity contribution >= 4 is 17.3 Å². The molecule has 0 saturated heterocycles. The summed E-state index contributed by atoms with van der Waals surface area (Å²) in [4.78, 5) is 11.6. The van der Waals surface area contributed by atoms with Gasteiger partial charge in [-0.2, -0.15) is 0 Å². The standard InChI is InChI=1S/C14H16N2O3/c1-2-19-14(17)11-3-4-12(15)13(7-11)16-8-10-5-6-18-9-10/h3-7,9,16H,2,8,15H2,1H3. The SMILES string of the molecule is CCOC(=O)c1ccc(N)c(NCc2ccoc2)c1. The van der Waals surface area contributed by atoms with E-state index in [-0.39, 0.29) is 5.97 Å². The maximum absolute atomic E-state index is 11.6. The van der Waals surface area contributed by atoms with Crippen molar-refractivity contribution in [2.24, 2.45) is 0 Å². The molecule has 1 heterocycles. The summed E-state index contributed by atoms with van der Waals surface area (Å²) in [7, 11) is 0. The van der Waals surface area contributed by atoms with Gasteiger partial charge in [-0.15, -0.1) is 0 Å². The third-order valence-electron chi connectivity index (χ3n) is 2.63. The largest absolute Gasteiger partial charge is 0.472 e. The van der Waals surface area contributed by atoms with E-state index in [1.54, 1.807) is 37.6 Å². The normalized spacial score (nSPS) is 10.2. The zero-order chi connectivity index (χ0) is 13.7. The molecule has 0 aliphatic heterocycles. The molecule has 0 radical (unpaired) electrons. The van der Waals surface area contributed by atoms with Gasteiger partial charge in [0, 0.05) is 12.1 Å². The van der Waals surface area contributed by atoms with Crippen LogP contribution in [0.4, 0.5) is 11.4 Å². The predicted molar refractivity (Wildman–Crippen MR) is 72.8 cm³/mol. The Morgan fingerprint density at radius 1 is 1.42 bits per heavy atom. The molecule has 1 aromatic heterocycles. The molecule has 0 atom stereocenters. The van der Waals surface area contributed by atoms with Crippen LogP contribution in [0, 0.1) is 0 Å². The van der Waals surface area contributed by atoms with Crippen molar-refractivity contribution in [2.45, 2.75) is 13.5 Å². The molecule has 0 saturated carbocycles. The summed E-state index contributed by atoms with van der Waals surface area (Å²) in [5.41, 5.74) is 8.62. The third kappa shape index (κ3) is 3.28. The molecular formula is C14H16N2O3. The highest BCUT2D eigenvalue weighted by Crippen LogP contribution is 2.21. The van der Waals surface area contributed by atoms with Crippen molar-refractivity contribution in [2.75, 3.05) is 17.7 Å². The minimum atomic E-state index is -0.353. The van der Waals surface area contributed by atoms with Crippen molar-refractivity contribution in [3.63, 3.8) is 0 Å². The van der Waals surface area contributed by atoms with Crippen LogP contribution < -0.4 is 11.1 Å². The van der Waals surface area contributed by atoms with Crippen LogP contribution in [0.2, 0.25) is 0 Å². The molecule has 5 heteroatoms. The van der Waals surface area contributed by atoms with E-state index < -0.39 is 0 Å². The summed E-state index contributed by atoms with van der Waals surface area (Å²) in [6, 6.07) is 6.88. The molecule has 3 N–H and O–H groups in total. The fourth-order valence-corrected chi connectivity index (χ4v) is 1.64. The summed E-state index contributed by atoms with van der Waals surface area (Å²) >= 11 is 0. The van der Waals surface area contributed by atoms with Gasteiger partial charge >= 0.3 is 5.97 Å². The highest BCUT2D eigenvalue weighted by atomic mass is 16.5. The molecule has 0 bridgehead atoms. The lowest BCUT2D eigenvalue weighted by molar-refractivity contribution is 0.0526. The van der Waals surface area contributed by atoms with Gasteiger partial charge in [-0.1, -0.05) is 0 Å². The summed E-state index contributed by atoms with van der Waals surface area (Å²) in [5.74, 6) is -0.353. The summed E-state index contributed by atoms with van der Waals surface area (Å²) in [6.07, 6.45) is 3.26. The smallest absolute Gasteiger partial charge is 0.338 e. The van der Waals surface area contributed by atoms with Crippen molar-refractivity contribution in [1.29, 1.82) is 0 Å². The second-order valence-electron chi connectivity index (χ2n) is 4.01. The summed E-state index contributed by atoms with van der Waals surface area (Å²) in [6.45, 7) is 2.70. The minimum absolute atomic E-state index is 0.348. The first kappa shape index (κ1) is 13.0. The molecular weight excluding hydrogens is 244 g/mol. The highest BCUT2D eigenvalue weighted by molar-refractivity contribution is 5.92. The summed E-state index contributed by atoms with van der Waals surface area (Å²) < 4.78 is 9.93. The van der Waals surface area contributed by atoms with Crippen molar-refractivity contribution in [3.8, 4) is 0 Å². The molecule has 2 aromatic rings. The number of hydrogen-bond acceptors (Lipinski definition) is 5. The van der Waals surface area contributed by atoms with Crippen LogP contribution in [0.1, 0.15) is 22.8 Å². The lowest BCUT2D eigenvalue weighted by atomic mass is 10.1. The summed E-state index contributed by atoms with van der Waals surface area (Å²) in [5, 5.41) is 3.16. The number of nitrogen functional groups attached to an aromatic ring is 1. The maximum Gasteiger partial charge on any atom is 0.338 e. The average Bonchev–Trinajstić information content (AvgIpc) is 2.91. The number of anilines is 2. The second-order valence-corrected chi connectivity index (χ2v) is 4.01. The minimum Gasteiger partial charge on any atom is -0.472 e. The Balaban J connectivity index is 2.10. The Bertz CT molecular complexity index is 550. The van der Waals surface area contributed by atoms with Gasteiger partial charge in [0.15, 0.2) is 0 Å². The van der Waals surface area contributed by atoms with Crippen LogP contribution in [-0.2, 0) is 11.3 Å². The fraction of sp³-hybridized carbons (Fsp3) is 0.214. The van der Waals surface area contributed by atoms with Crippen LogP contribution in [0.25, 0.3) is 0 Å². The molecule has 19 heavy (non-hydrogen) atoms. The Morgan fingerprint density at radius 3 is 2.95 bits per heavy atom. The molecule has 2 rings (SSSR count). The number of hydrogen-bond donors (Lipinski definition) is 2. The molecule has 100 valence electrons. The van der Waals surface area contributed by atoms with E-state index in [2.05, 4.69) is 5.32 Å². The van der Waals surface area contributed by atoms with Gasteiger partial charge in [0.1, 0.15) is 0 Å². The predicted octanol–water partition coefficient (Wildman–Crippen LogP) is 2.65. The van der Waals surface area contributed by atoms with E-state index in [1.807, 2.05) is 6.07 Å². The first-order chi connectivity index (χ1) is 9.20. The zero-order valence-corrected chi connectivity index (χ0v) is 10.7. The van der Waals surface area contributed by atoms with Gasteiger partial charge in [-0.25, -0.2) is 4.79 Å². The first-order valence-electron chi connectivity index (χ1n) is 6.02. The number of nitrogens with two attached hydrogens (primary N) is 1. The molecule has 0 amide bonds. The Morgan fingerprint density at radius 2 is 2.26 bits per heavy atom. The molecule has 0 fully saturated rings. The van der Waals surface area contributed by atoms with Gasteiger partial charge in [0.2, 0.25) is 0 Å². The van der Waals surface area contributed by atoms with E-state index in [0.29, 0.717) is 30.1 Å². The monoisotopic (exact) mass is 260 g/mol. The number of carbonyl (C=O) groups is 1. The van der Waals surface area contributed by atoms with Crippen LogP contribution in [0.3, 0.4) is 0 Å². The van der Waals surface area contributed by atoms with Crippen LogP contribution >= 0.6 is 0 Å². The fourth-order valence-electron chi connectivity index (χ4n) is 1.64. The van der Waals surface area contributed by atoms with E-state index in [9.17, 15) is 4.79 Å². The van der Waals surface area contributed by atoms with Gasteiger partial charge in [0.25, 0.3) is 0 Å². The molecule has 1 aromatic carbocycles. The zero-order valence-electron chi connectivity index (χ0n) is 10.7. The number of esters is 1. The number of furan rings is 1. The third-order valence-corrected chi connectivity index (χ3v) is 2.63. The van der Waals surface area contributed by atoms with Crippen molar-refractivity contribution in [1.82, 2.24) is 0 Å². The Labute approximate surface area is 111 Å². The lowest BCUT2D eigenvalue weighted by Crippen LogP contribution is -2.07. The van der Waals surface area contributed by atoms with Gasteiger partial charge in [-0.3, -0.25) is 0 Å². The Kier molecular flexibility index (Phi) is 4.07. The van der Waals surface area contributed by atoms with E-state index in [4.69, 9.17) is 14.9 Å². The number of rotatable bonds is 5. The van der Waals surface area contributed by atoms with Gasteiger partial charge in [-0.05, 0) is 31.2 Å². The molecule has 0 aliphatic rings. The van der Waals surface area contributed by atoms with E-state index in [1.165, 1.54) is 0 Å². The van der Waals surface area contributed by atoms with Gasteiger partial charge < -0.3 is 20.2 Å². The molecule has 0 spiro atoms. The first-order valence-corrected chi connectivity index (χ1v) is 6.02. The van der Waals surface area contributed by atoms with E-state index in [0.717, 1.165) is 5.56 Å². The molecule has 0 aliphatic carbocycles. The number of nitrogens with one attached hydrogen (secondary N) is 1. The quantitative estimate of drug-likeness (QED) is 0.638. The number of benzene rings is 1. The van der Waals surface area contributed by atoms with Crippen LogP contribution in [-0.4, -0.2) is 12.6 Å². The lowest BCUT2D eigenvalue weighted by Gasteiger charge is -2.10. The van der Waals surface area contributed by atoms with Crippen LogP contribution in [0.15, 0.2) is 41.2 Å². The Hall–Kier alpha value is -2.43. The van der Waals surface area contributed by atoms with Crippen molar-refractivity contribution in [3.05, 3.63) is 47.9 Å². The highest BCUT2D eigenvalue weighted by Gasteiger charge is 2.09. The topological polar surface area (TPSA) is 77.5 Å². The molecule has 5 nitrogen and oxygen atoms in total. The average molecular weight is 260 g/mol. The van der Waals surface area contributed by atoms with Crippen LogP contribution in [0.5, 0.6) is 0 Å². The van der Waals surface area contributed by atoms with E-state index >= 15 is 0 Å². The second kappa shape index (κ2) is 5.95. The molecule has 0 unspecified atom stereocenters. The van der Waals surface area contributed by atoms with Crippen molar-refractivity contribution < 1.29 is 13.9 Å². The number of ether oxygens (including phenoxy) is 1.